The lowest BCUT2D eigenvalue weighted by molar-refractivity contribution is -0.122. The van der Waals surface area contributed by atoms with Gasteiger partial charge in [0.25, 0.3) is 5.91 Å². The Morgan fingerprint density at radius 3 is 2.74 bits per heavy atom. The summed E-state index contributed by atoms with van der Waals surface area (Å²) in [5.74, 6) is 1.19. The van der Waals surface area contributed by atoms with Crippen molar-refractivity contribution in [3.63, 3.8) is 0 Å². The number of rotatable bonds is 4. The van der Waals surface area contributed by atoms with Crippen molar-refractivity contribution in [2.24, 2.45) is 11.8 Å². The zero-order valence-electron chi connectivity index (χ0n) is 14.1. The van der Waals surface area contributed by atoms with E-state index in [1.54, 1.807) is 0 Å². The predicted octanol–water partition coefficient (Wildman–Crippen LogP) is 3.10. The van der Waals surface area contributed by atoms with Crippen LogP contribution in [0.25, 0.3) is 0 Å². The molecule has 23 heavy (non-hydrogen) atoms. The first kappa shape index (κ1) is 16.3. The highest BCUT2D eigenvalue weighted by Crippen LogP contribution is 2.44. The highest BCUT2D eigenvalue weighted by Gasteiger charge is 2.47. The lowest BCUT2D eigenvalue weighted by Gasteiger charge is -2.50. The highest BCUT2D eigenvalue weighted by atomic mass is 16.5. The average molecular weight is 317 g/mol. The maximum absolute atomic E-state index is 12.9. The van der Waals surface area contributed by atoms with E-state index in [4.69, 9.17) is 4.74 Å². The first-order valence-electron chi connectivity index (χ1n) is 8.79. The molecule has 2 fully saturated rings. The summed E-state index contributed by atoms with van der Waals surface area (Å²) in [4.78, 5) is 14.7. The molecule has 126 valence electrons. The molecule has 1 saturated carbocycles. The van der Waals surface area contributed by atoms with Gasteiger partial charge < -0.3 is 14.7 Å². The molecule has 1 N–H and O–H groups in total. The molecule has 1 aromatic carbocycles. The summed E-state index contributed by atoms with van der Waals surface area (Å²) < 4.78 is 5.58. The number of amides is 1. The quantitative estimate of drug-likeness (QED) is 0.928. The Morgan fingerprint density at radius 1 is 1.39 bits per heavy atom. The van der Waals surface area contributed by atoms with Crippen molar-refractivity contribution >= 4 is 5.91 Å². The maximum atomic E-state index is 12.9. The Hall–Kier alpha value is -1.55. The number of para-hydroxylation sites is 1. The van der Waals surface area contributed by atoms with E-state index in [2.05, 4.69) is 6.92 Å². The van der Waals surface area contributed by atoms with Crippen LogP contribution in [0.2, 0.25) is 0 Å². The van der Waals surface area contributed by atoms with E-state index in [0.29, 0.717) is 43.3 Å². The fraction of sp³-hybridized carbons (Fsp3) is 0.632. The summed E-state index contributed by atoms with van der Waals surface area (Å²) >= 11 is 0. The van der Waals surface area contributed by atoms with Gasteiger partial charge in [0.15, 0.2) is 0 Å². The largest absolute Gasteiger partial charge is 0.493 e. The second kappa shape index (κ2) is 6.52. The van der Waals surface area contributed by atoms with Gasteiger partial charge in [0.2, 0.25) is 0 Å². The summed E-state index contributed by atoms with van der Waals surface area (Å²) in [5, 5.41) is 11.0. The third-order valence-electron chi connectivity index (χ3n) is 5.65. The Bertz CT molecular complexity index is 569. The fourth-order valence-electron chi connectivity index (χ4n) is 3.93. The monoisotopic (exact) mass is 317 g/mol. The van der Waals surface area contributed by atoms with E-state index < -0.39 is 5.60 Å². The highest BCUT2D eigenvalue weighted by molar-refractivity contribution is 5.97. The van der Waals surface area contributed by atoms with Gasteiger partial charge in [0.05, 0.1) is 17.8 Å². The standard InChI is InChI=1S/C19H27NO3/c1-3-23-17-10-5-4-9-16(17)18(21)20-12-11-19(22,14(2)13-20)15-7-6-8-15/h4-5,9-10,14-15,22H,3,6-8,11-13H2,1-2H3/t14-,19+/m1/s1. The van der Waals surface area contributed by atoms with Crippen LogP contribution in [-0.4, -0.2) is 41.2 Å². The lowest BCUT2D eigenvalue weighted by Crippen LogP contribution is -2.57. The lowest BCUT2D eigenvalue weighted by atomic mass is 9.65. The minimum atomic E-state index is -0.589. The number of aliphatic hydroxyl groups is 1. The van der Waals surface area contributed by atoms with Crippen LogP contribution in [0.4, 0.5) is 0 Å². The molecule has 1 aromatic rings. The molecule has 1 aliphatic heterocycles. The topological polar surface area (TPSA) is 49.8 Å². The molecule has 3 rings (SSSR count). The van der Waals surface area contributed by atoms with Crippen LogP contribution in [0.15, 0.2) is 24.3 Å². The van der Waals surface area contributed by atoms with Crippen molar-refractivity contribution in [2.75, 3.05) is 19.7 Å². The number of hydrogen-bond acceptors (Lipinski definition) is 3. The van der Waals surface area contributed by atoms with Crippen molar-refractivity contribution in [1.29, 1.82) is 0 Å². The van der Waals surface area contributed by atoms with E-state index in [9.17, 15) is 9.90 Å². The van der Waals surface area contributed by atoms with Crippen LogP contribution in [0, 0.1) is 11.8 Å². The maximum Gasteiger partial charge on any atom is 0.257 e. The molecule has 0 aromatic heterocycles. The Morgan fingerprint density at radius 2 is 2.13 bits per heavy atom. The summed E-state index contributed by atoms with van der Waals surface area (Å²) in [6, 6.07) is 7.42. The first-order chi connectivity index (χ1) is 11.1. The number of benzene rings is 1. The molecular formula is C19H27NO3. The molecule has 2 aliphatic rings. The number of likely N-dealkylation sites (tertiary alicyclic amines) is 1. The van der Waals surface area contributed by atoms with Gasteiger partial charge in [-0.2, -0.15) is 0 Å². The molecule has 4 heteroatoms. The third kappa shape index (κ3) is 2.97. The van der Waals surface area contributed by atoms with Crippen molar-refractivity contribution in [1.82, 2.24) is 4.90 Å². The molecule has 0 radical (unpaired) electrons. The van der Waals surface area contributed by atoms with Gasteiger partial charge in [-0.05, 0) is 44.2 Å². The Balaban J connectivity index is 1.72. The molecule has 2 atom stereocenters. The normalized spacial score (nSPS) is 28.3. The van der Waals surface area contributed by atoms with Crippen LogP contribution in [0.5, 0.6) is 5.75 Å². The zero-order chi connectivity index (χ0) is 16.4. The van der Waals surface area contributed by atoms with Gasteiger partial charge in [-0.1, -0.05) is 25.5 Å². The average Bonchev–Trinajstić information content (AvgIpc) is 2.49. The first-order valence-corrected chi connectivity index (χ1v) is 8.79. The van der Waals surface area contributed by atoms with Crippen molar-refractivity contribution in [2.45, 2.75) is 45.1 Å². The predicted molar refractivity (Wildman–Crippen MR) is 89.6 cm³/mol. The smallest absolute Gasteiger partial charge is 0.257 e. The molecule has 1 heterocycles. The van der Waals surface area contributed by atoms with Crippen molar-refractivity contribution in [3.05, 3.63) is 29.8 Å². The molecule has 1 aliphatic carbocycles. The molecule has 0 spiro atoms. The number of piperidine rings is 1. The number of hydrogen-bond donors (Lipinski definition) is 1. The van der Waals surface area contributed by atoms with Crippen LogP contribution in [0.1, 0.15) is 49.9 Å². The number of nitrogens with zero attached hydrogens (tertiary/aromatic N) is 1. The van der Waals surface area contributed by atoms with E-state index in [1.165, 1.54) is 6.42 Å². The van der Waals surface area contributed by atoms with Gasteiger partial charge in [-0.3, -0.25) is 4.79 Å². The summed E-state index contributed by atoms with van der Waals surface area (Å²) in [6.45, 7) is 5.78. The molecule has 0 bridgehead atoms. The SMILES string of the molecule is CCOc1ccccc1C(=O)N1CC[C@@](O)(C2CCC2)[C@H](C)C1. The van der Waals surface area contributed by atoms with Gasteiger partial charge in [-0.15, -0.1) is 0 Å². The van der Waals surface area contributed by atoms with Crippen molar-refractivity contribution < 1.29 is 14.6 Å². The number of carbonyl (C=O) groups is 1. The van der Waals surface area contributed by atoms with Crippen molar-refractivity contribution in [3.8, 4) is 5.75 Å². The number of carbonyl (C=O) groups excluding carboxylic acids is 1. The van der Waals surface area contributed by atoms with Crippen LogP contribution >= 0.6 is 0 Å². The molecule has 1 saturated heterocycles. The second-order valence-electron chi connectivity index (χ2n) is 6.95. The van der Waals surface area contributed by atoms with E-state index >= 15 is 0 Å². The van der Waals surface area contributed by atoms with E-state index in [1.807, 2.05) is 36.1 Å². The Labute approximate surface area is 138 Å². The van der Waals surface area contributed by atoms with Crippen LogP contribution < -0.4 is 4.74 Å². The minimum Gasteiger partial charge on any atom is -0.493 e. The summed E-state index contributed by atoms with van der Waals surface area (Å²) in [6.07, 6.45) is 4.16. The number of ether oxygens (including phenoxy) is 1. The Kier molecular flexibility index (Phi) is 4.62. The van der Waals surface area contributed by atoms with Gasteiger partial charge >= 0.3 is 0 Å². The van der Waals surface area contributed by atoms with Gasteiger partial charge in [-0.25, -0.2) is 0 Å². The van der Waals surface area contributed by atoms with E-state index in [0.717, 1.165) is 12.8 Å². The van der Waals surface area contributed by atoms with Gasteiger partial charge in [0, 0.05) is 19.0 Å². The van der Waals surface area contributed by atoms with Crippen LogP contribution in [-0.2, 0) is 0 Å². The zero-order valence-corrected chi connectivity index (χ0v) is 14.1. The van der Waals surface area contributed by atoms with Crippen LogP contribution in [0.3, 0.4) is 0 Å². The van der Waals surface area contributed by atoms with E-state index in [-0.39, 0.29) is 11.8 Å². The summed E-state index contributed by atoms with van der Waals surface area (Å²) in [5.41, 5.74) is 0.0321. The third-order valence-corrected chi connectivity index (χ3v) is 5.65. The van der Waals surface area contributed by atoms with Gasteiger partial charge in [0.1, 0.15) is 5.75 Å². The fourth-order valence-corrected chi connectivity index (χ4v) is 3.93. The molecule has 0 unspecified atom stereocenters. The molecule has 1 amide bonds. The minimum absolute atomic E-state index is 0.0107. The second-order valence-corrected chi connectivity index (χ2v) is 6.95. The summed E-state index contributed by atoms with van der Waals surface area (Å²) in [7, 11) is 0. The molecular weight excluding hydrogens is 290 g/mol. The molecule has 4 nitrogen and oxygen atoms in total.